The number of primary amides is 1. The molecule has 0 bridgehead atoms. The normalized spacial score (nSPS) is 15.8. The molecule has 1 aliphatic rings. The van der Waals surface area contributed by atoms with Crippen LogP contribution in [-0.4, -0.2) is 53.1 Å². The van der Waals surface area contributed by atoms with Crippen LogP contribution in [0.25, 0.3) is 0 Å². The molecule has 150 valence electrons. The van der Waals surface area contributed by atoms with Gasteiger partial charge in [0.2, 0.25) is 17.7 Å². The molecule has 27 heavy (non-hydrogen) atoms. The molecule has 0 unspecified atom stereocenters. The lowest BCUT2D eigenvalue weighted by atomic mass is 10.0. The molecule has 0 aromatic heterocycles. The van der Waals surface area contributed by atoms with Gasteiger partial charge in [-0.3, -0.25) is 28.9 Å². The minimum atomic E-state index is -0.818. The first-order valence-corrected chi connectivity index (χ1v) is 9.06. The largest absolute Gasteiger partial charge is 0.368 e. The Hall–Kier alpha value is -2.71. The minimum Gasteiger partial charge on any atom is -0.368 e. The highest BCUT2D eigenvalue weighted by atomic mass is 16.2. The third kappa shape index (κ3) is 7.20. The van der Waals surface area contributed by atoms with E-state index in [2.05, 4.69) is 10.6 Å². The highest BCUT2D eigenvalue weighted by Crippen LogP contribution is 2.08. The summed E-state index contributed by atoms with van der Waals surface area (Å²) in [6.45, 7) is 5.38. The van der Waals surface area contributed by atoms with Gasteiger partial charge in [0, 0.05) is 25.1 Å². The number of imide groups is 1. The average molecular weight is 380 g/mol. The van der Waals surface area contributed by atoms with Crippen molar-refractivity contribution in [1.82, 2.24) is 15.5 Å². The summed E-state index contributed by atoms with van der Waals surface area (Å²) < 4.78 is 0. The molecular weight excluding hydrogens is 352 g/mol. The molecule has 9 nitrogen and oxygen atoms in total. The van der Waals surface area contributed by atoms with Gasteiger partial charge in [-0.05, 0) is 25.7 Å². The standard InChI is InChI=1S/C18H28N4O5/c1-11(2)16(18(27)20-12(3)17(19)26)21-13(23)7-5-4-6-10-22-14(24)8-9-15(22)25/h8-9,11-12,16H,4-7,10H2,1-3H3,(H2,19,26)(H,20,27)(H,21,23)/t12-,16-/m0/s1. The number of nitrogens with one attached hydrogen (secondary N) is 2. The predicted molar refractivity (Wildman–Crippen MR) is 97.9 cm³/mol. The van der Waals surface area contributed by atoms with Crippen LogP contribution in [0.5, 0.6) is 0 Å². The number of rotatable bonds is 11. The van der Waals surface area contributed by atoms with E-state index in [-0.39, 0.29) is 30.1 Å². The highest BCUT2D eigenvalue weighted by Gasteiger charge is 2.26. The van der Waals surface area contributed by atoms with Gasteiger partial charge in [0.05, 0.1) is 0 Å². The molecule has 0 fully saturated rings. The topological polar surface area (TPSA) is 139 Å². The molecule has 1 heterocycles. The van der Waals surface area contributed by atoms with Gasteiger partial charge in [0.15, 0.2) is 0 Å². The third-order valence-corrected chi connectivity index (χ3v) is 4.24. The number of unbranched alkanes of at least 4 members (excludes halogenated alkanes) is 2. The summed E-state index contributed by atoms with van der Waals surface area (Å²) in [6, 6.07) is -1.58. The van der Waals surface area contributed by atoms with Crippen LogP contribution in [0.1, 0.15) is 46.5 Å². The van der Waals surface area contributed by atoms with Crippen molar-refractivity contribution < 1.29 is 24.0 Å². The molecule has 0 saturated heterocycles. The van der Waals surface area contributed by atoms with E-state index in [1.165, 1.54) is 24.0 Å². The van der Waals surface area contributed by atoms with E-state index < -0.39 is 23.9 Å². The zero-order valence-corrected chi connectivity index (χ0v) is 16.0. The Labute approximate surface area is 158 Å². The molecule has 0 radical (unpaired) electrons. The number of amides is 5. The number of hydrogen-bond donors (Lipinski definition) is 3. The van der Waals surface area contributed by atoms with Gasteiger partial charge in [-0.1, -0.05) is 20.3 Å². The second-order valence-electron chi connectivity index (χ2n) is 6.89. The third-order valence-electron chi connectivity index (χ3n) is 4.24. The first-order valence-electron chi connectivity index (χ1n) is 9.06. The molecule has 0 aliphatic carbocycles. The molecule has 9 heteroatoms. The van der Waals surface area contributed by atoms with Crippen molar-refractivity contribution in [2.24, 2.45) is 11.7 Å². The van der Waals surface area contributed by atoms with Crippen molar-refractivity contribution in [2.45, 2.75) is 58.5 Å². The van der Waals surface area contributed by atoms with Gasteiger partial charge in [0.25, 0.3) is 11.8 Å². The summed E-state index contributed by atoms with van der Waals surface area (Å²) >= 11 is 0. The Morgan fingerprint density at radius 2 is 1.59 bits per heavy atom. The second kappa shape index (κ2) is 10.4. The molecule has 1 aliphatic heterocycles. The van der Waals surface area contributed by atoms with E-state index in [9.17, 15) is 24.0 Å². The molecule has 0 aromatic carbocycles. The maximum atomic E-state index is 12.2. The fourth-order valence-corrected chi connectivity index (χ4v) is 2.54. The van der Waals surface area contributed by atoms with Crippen LogP contribution in [-0.2, 0) is 24.0 Å². The van der Waals surface area contributed by atoms with Crippen molar-refractivity contribution in [2.75, 3.05) is 6.54 Å². The van der Waals surface area contributed by atoms with E-state index in [0.717, 1.165) is 0 Å². The predicted octanol–water partition coefficient (Wildman–Crippen LogP) is -0.397. The smallest absolute Gasteiger partial charge is 0.253 e. The Kier molecular flexibility index (Phi) is 8.64. The molecule has 1 rings (SSSR count). The van der Waals surface area contributed by atoms with E-state index in [4.69, 9.17) is 5.73 Å². The van der Waals surface area contributed by atoms with Gasteiger partial charge in [-0.15, -0.1) is 0 Å². The van der Waals surface area contributed by atoms with Crippen molar-refractivity contribution in [3.63, 3.8) is 0 Å². The lowest BCUT2D eigenvalue weighted by Gasteiger charge is -2.23. The summed E-state index contributed by atoms with van der Waals surface area (Å²) in [6.07, 6.45) is 4.55. The Bertz CT molecular complexity index is 611. The van der Waals surface area contributed by atoms with Gasteiger partial charge in [-0.25, -0.2) is 0 Å². The van der Waals surface area contributed by atoms with Crippen LogP contribution < -0.4 is 16.4 Å². The van der Waals surface area contributed by atoms with Crippen LogP contribution in [0.3, 0.4) is 0 Å². The molecule has 2 atom stereocenters. The maximum absolute atomic E-state index is 12.2. The fraction of sp³-hybridized carbons (Fsp3) is 0.611. The van der Waals surface area contributed by atoms with Crippen LogP contribution >= 0.6 is 0 Å². The molecule has 0 spiro atoms. The van der Waals surface area contributed by atoms with Gasteiger partial charge in [-0.2, -0.15) is 0 Å². The van der Waals surface area contributed by atoms with Crippen LogP contribution in [0, 0.1) is 5.92 Å². The summed E-state index contributed by atoms with van der Waals surface area (Å²) in [7, 11) is 0. The number of nitrogens with two attached hydrogens (primary N) is 1. The van der Waals surface area contributed by atoms with Crippen molar-refractivity contribution in [3.05, 3.63) is 12.2 Å². The molecule has 0 aromatic rings. The zero-order chi connectivity index (χ0) is 20.6. The first kappa shape index (κ1) is 22.3. The van der Waals surface area contributed by atoms with Crippen molar-refractivity contribution in [1.29, 1.82) is 0 Å². The Balaban J connectivity index is 2.33. The second-order valence-corrected chi connectivity index (χ2v) is 6.89. The van der Waals surface area contributed by atoms with E-state index in [0.29, 0.717) is 25.8 Å². The van der Waals surface area contributed by atoms with E-state index in [1.54, 1.807) is 13.8 Å². The number of hydrogen-bond acceptors (Lipinski definition) is 5. The lowest BCUT2D eigenvalue weighted by Crippen LogP contribution is -2.53. The summed E-state index contributed by atoms with van der Waals surface area (Å²) in [5, 5.41) is 5.15. The highest BCUT2D eigenvalue weighted by molar-refractivity contribution is 6.12. The molecule has 4 N–H and O–H groups in total. The maximum Gasteiger partial charge on any atom is 0.253 e. The van der Waals surface area contributed by atoms with Gasteiger partial charge in [0.1, 0.15) is 12.1 Å². The molecule has 0 saturated carbocycles. The summed E-state index contributed by atoms with van der Waals surface area (Å²) in [5.74, 6) is -2.16. The molecule has 5 amide bonds. The molecular formula is C18H28N4O5. The summed E-state index contributed by atoms with van der Waals surface area (Å²) in [4.78, 5) is 59.4. The van der Waals surface area contributed by atoms with Gasteiger partial charge >= 0.3 is 0 Å². The van der Waals surface area contributed by atoms with E-state index in [1.807, 2.05) is 0 Å². The monoisotopic (exact) mass is 380 g/mol. The number of nitrogens with zero attached hydrogens (tertiary/aromatic N) is 1. The zero-order valence-electron chi connectivity index (χ0n) is 16.0. The first-order chi connectivity index (χ1) is 12.6. The van der Waals surface area contributed by atoms with Crippen LogP contribution in [0.15, 0.2) is 12.2 Å². The van der Waals surface area contributed by atoms with Crippen molar-refractivity contribution in [3.8, 4) is 0 Å². The number of carbonyl (C=O) groups is 5. The minimum absolute atomic E-state index is 0.159. The quantitative estimate of drug-likeness (QED) is 0.331. The van der Waals surface area contributed by atoms with E-state index >= 15 is 0 Å². The van der Waals surface area contributed by atoms with Crippen LogP contribution in [0.2, 0.25) is 0 Å². The van der Waals surface area contributed by atoms with Crippen molar-refractivity contribution >= 4 is 29.5 Å². The van der Waals surface area contributed by atoms with Crippen LogP contribution in [0.4, 0.5) is 0 Å². The lowest BCUT2D eigenvalue weighted by molar-refractivity contribution is -0.137. The SMILES string of the molecule is CC(C)[C@H](NC(=O)CCCCCN1C(=O)C=CC1=O)C(=O)N[C@@H](C)C(N)=O. The van der Waals surface area contributed by atoms with Gasteiger partial charge < -0.3 is 16.4 Å². The fourth-order valence-electron chi connectivity index (χ4n) is 2.54. The summed E-state index contributed by atoms with van der Waals surface area (Å²) in [5.41, 5.74) is 5.13. The Morgan fingerprint density at radius 3 is 2.11 bits per heavy atom. The number of carbonyl (C=O) groups excluding carboxylic acids is 5. The Morgan fingerprint density at radius 1 is 1.00 bits per heavy atom. The average Bonchev–Trinajstić information content (AvgIpc) is 2.90.